The molecule has 0 aromatic carbocycles. The molecule has 2 aromatic rings. The van der Waals surface area contributed by atoms with Crippen LogP contribution in [0.1, 0.15) is 45.8 Å². The second-order valence-electron chi connectivity index (χ2n) is 7.99. The van der Waals surface area contributed by atoms with Gasteiger partial charge in [-0.25, -0.2) is 8.78 Å². The number of carbonyl (C=O) groups is 2. The molecule has 10 heteroatoms. The Labute approximate surface area is 169 Å². The molecular formula is C20H18F2N4O4. The molecule has 1 aliphatic carbocycles. The quantitative estimate of drug-likeness (QED) is 0.782. The third-order valence-electron chi connectivity index (χ3n) is 6.36. The Bertz CT molecular complexity index is 1150. The summed E-state index contributed by atoms with van der Waals surface area (Å²) in [6.07, 6.45) is 4.95. The Morgan fingerprint density at radius 2 is 2.10 bits per heavy atom. The van der Waals surface area contributed by atoms with E-state index >= 15 is 0 Å². The van der Waals surface area contributed by atoms with E-state index in [0.29, 0.717) is 18.5 Å². The Balaban J connectivity index is 1.44. The average Bonchev–Trinajstić information content (AvgIpc) is 3.32. The van der Waals surface area contributed by atoms with Crippen LogP contribution in [-0.4, -0.2) is 43.5 Å². The van der Waals surface area contributed by atoms with Crippen LogP contribution in [0, 0.1) is 17.6 Å². The van der Waals surface area contributed by atoms with Crippen molar-refractivity contribution in [2.75, 3.05) is 0 Å². The molecule has 3 aliphatic rings. The number of hydrogen-bond acceptors (Lipinski definition) is 5. The van der Waals surface area contributed by atoms with Crippen molar-refractivity contribution < 1.29 is 23.5 Å². The number of nitrogens with zero attached hydrogens (tertiary/aromatic N) is 3. The van der Waals surface area contributed by atoms with Gasteiger partial charge in [0, 0.05) is 24.8 Å². The number of carbonyl (C=O) groups excluding carboxylic acids is 2. The van der Waals surface area contributed by atoms with E-state index in [9.17, 15) is 28.3 Å². The molecule has 2 fully saturated rings. The Morgan fingerprint density at radius 1 is 1.30 bits per heavy atom. The highest BCUT2D eigenvalue weighted by atomic mass is 19.1. The molecule has 156 valence electrons. The fraction of sp³-hybridized carbons (Fsp3) is 0.400. The number of aromatic nitrogens is 2. The zero-order valence-corrected chi connectivity index (χ0v) is 15.8. The monoisotopic (exact) mass is 416 g/mol. The molecule has 2 aromatic heterocycles. The topological polar surface area (TPSA) is 105 Å². The highest BCUT2D eigenvalue weighted by Gasteiger charge is 2.51. The van der Waals surface area contributed by atoms with Crippen LogP contribution in [0.25, 0.3) is 0 Å². The number of rotatable bonds is 3. The van der Waals surface area contributed by atoms with E-state index in [1.165, 1.54) is 10.8 Å². The Kier molecular flexibility index (Phi) is 4.12. The summed E-state index contributed by atoms with van der Waals surface area (Å²) < 4.78 is 28.1. The summed E-state index contributed by atoms with van der Waals surface area (Å²) in [5, 5.41) is 12.8. The van der Waals surface area contributed by atoms with E-state index in [1.54, 1.807) is 4.90 Å². The molecule has 1 saturated heterocycles. The van der Waals surface area contributed by atoms with Gasteiger partial charge in [-0.3, -0.25) is 19.4 Å². The number of amides is 2. The largest absolute Gasteiger partial charge is 0.503 e. The molecule has 0 radical (unpaired) electrons. The van der Waals surface area contributed by atoms with E-state index in [2.05, 4.69) is 10.3 Å². The molecule has 1 unspecified atom stereocenters. The zero-order chi connectivity index (χ0) is 21.2. The molecule has 0 spiro atoms. The van der Waals surface area contributed by atoms with Gasteiger partial charge in [-0.1, -0.05) is 0 Å². The number of pyridine rings is 2. The maximum Gasteiger partial charge on any atom is 0.275 e. The lowest BCUT2D eigenvalue weighted by atomic mass is 9.95. The number of aromatic hydroxyl groups is 1. The lowest BCUT2D eigenvalue weighted by Gasteiger charge is -2.40. The van der Waals surface area contributed by atoms with Crippen molar-refractivity contribution in [1.82, 2.24) is 19.8 Å². The summed E-state index contributed by atoms with van der Waals surface area (Å²) >= 11 is 0. The number of fused-ring (bicyclic) bond motifs is 6. The lowest BCUT2D eigenvalue weighted by Crippen LogP contribution is -2.52. The van der Waals surface area contributed by atoms with E-state index < -0.39 is 34.6 Å². The minimum Gasteiger partial charge on any atom is -0.503 e. The molecule has 2 N–H and O–H groups in total. The number of halogens is 2. The van der Waals surface area contributed by atoms with Gasteiger partial charge < -0.3 is 19.9 Å². The van der Waals surface area contributed by atoms with E-state index in [4.69, 9.17) is 0 Å². The highest BCUT2D eigenvalue weighted by molar-refractivity contribution is 5.99. The zero-order valence-electron chi connectivity index (χ0n) is 15.8. The molecule has 2 bridgehead atoms. The van der Waals surface area contributed by atoms with Gasteiger partial charge in [0.15, 0.2) is 11.4 Å². The average molecular weight is 416 g/mol. The van der Waals surface area contributed by atoms with Crippen LogP contribution in [-0.2, 0) is 13.1 Å². The van der Waals surface area contributed by atoms with Crippen LogP contribution < -0.4 is 10.7 Å². The third kappa shape index (κ3) is 2.70. The van der Waals surface area contributed by atoms with Gasteiger partial charge in [0.05, 0.1) is 24.5 Å². The van der Waals surface area contributed by atoms with Crippen LogP contribution in [0.3, 0.4) is 0 Å². The first-order chi connectivity index (χ1) is 14.3. The van der Waals surface area contributed by atoms with Gasteiger partial charge in [-0.15, -0.1) is 0 Å². The maximum atomic E-state index is 13.7. The Hall–Kier alpha value is -3.30. The standard InChI is InChI=1S/C20H18F2N4O4/c21-10-4-13(22)14(23-5-10)6-24-19(29)12-7-25-8-15-9-1-2-11(3-9)26(15)20(30)16(25)18(28)17(12)27/h4-5,7,9,11,15,28H,1-3,6,8H2,(H,24,29)/t9-,11?,15+/m1/s1. The van der Waals surface area contributed by atoms with Gasteiger partial charge in [-0.05, 0) is 25.2 Å². The number of nitrogens with one attached hydrogen (secondary N) is 1. The van der Waals surface area contributed by atoms with Crippen LogP contribution in [0.5, 0.6) is 5.75 Å². The molecule has 1 saturated carbocycles. The molecule has 3 atom stereocenters. The lowest BCUT2D eigenvalue weighted by molar-refractivity contribution is 0.0482. The summed E-state index contributed by atoms with van der Waals surface area (Å²) in [4.78, 5) is 43.4. The van der Waals surface area contributed by atoms with Crippen molar-refractivity contribution in [2.45, 2.75) is 44.4 Å². The number of piperidine rings is 1. The SMILES string of the molecule is O=C(NCc1ncc(F)cc1F)c1cn2c(c(O)c1=O)C(=O)N1C3CC[C@H](C3)[C@@H]1C2. The van der Waals surface area contributed by atoms with Gasteiger partial charge in [0.25, 0.3) is 11.8 Å². The second kappa shape index (κ2) is 6.61. The molecule has 30 heavy (non-hydrogen) atoms. The summed E-state index contributed by atoms with van der Waals surface area (Å²) in [6.45, 7) is 0.0243. The second-order valence-corrected chi connectivity index (χ2v) is 7.99. The molecule has 2 aliphatic heterocycles. The van der Waals surface area contributed by atoms with E-state index in [0.717, 1.165) is 25.5 Å². The van der Waals surface area contributed by atoms with E-state index in [-0.39, 0.29) is 35.6 Å². The number of hydrogen-bond donors (Lipinski definition) is 2. The summed E-state index contributed by atoms with van der Waals surface area (Å²) in [5.74, 6) is -3.41. The summed E-state index contributed by atoms with van der Waals surface area (Å²) in [7, 11) is 0. The van der Waals surface area contributed by atoms with Crippen molar-refractivity contribution in [3.8, 4) is 5.75 Å². The van der Waals surface area contributed by atoms with E-state index in [1.807, 2.05) is 0 Å². The predicted molar refractivity (Wildman–Crippen MR) is 98.8 cm³/mol. The molecular weight excluding hydrogens is 398 g/mol. The van der Waals surface area contributed by atoms with Crippen molar-refractivity contribution in [1.29, 1.82) is 0 Å². The summed E-state index contributed by atoms with van der Waals surface area (Å²) in [6, 6.07) is 0.761. The Morgan fingerprint density at radius 3 is 2.87 bits per heavy atom. The predicted octanol–water partition coefficient (Wildman–Crippen LogP) is 1.16. The first-order valence-corrected chi connectivity index (χ1v) is 9.72. The summed E-state index contributed by atoms with van der Waals surface area (Å²) in [5.41, 5.74) is -1.63. The van der Waals surface area contributed by atoms with Crippen molar-refractivity contribution >= 4 is 11.8 Å². The smallest absolute Gasteiger partial charge is 0.275 e. The fourth-order valence-electron chi connectivity index (χ4n) is 4.98. The highest BCUT2D eigenvalue weighted by Crippen LogP contribution is 2.45. The minimum absolute atomic E-state index is 0.0147. The van der Waals surface area contributed by atoms with Gasteiger partial charge >= 0.3 is 0 Å². The van der Waals surface area contributed by atoms with Crippen molar-refractivity contribution in [3.05, 3.63) is 57.3 Å². The van der Waals surface area contributed by atoms with Gasteiger partial charge in [-0.2, -0.15) is 0 Å². The van der Waals surface area contributed by atoms with Crippen LogP contribution >= 0.6 is 0 Å². The van der Waals surface area contributed by atoms with Crippen LogP contribution in [0.2, 0.25) is 0 Å². The first-order valence-electron chi connectivity index (χ1n) is 9.72. The van der Waals surface area contributed by atoms with Crippen LogP contribution in [0.15, 0.2) is 23.3 Å². The minimum atomic E-state index is -0.970. The fourth-order valence-corrected chi connectivity index (χ4v) is 4.98. The van der Waals surface area contributed by atoms with Gasteiger partial charge in [0.2, 0.25) is 5.43 Å². The van der Waals surface area contributed by atoms with Crippen LogP contribution in [0.4, 0.5) is 8.78 Å². The van der Waals surface area contributed by atoms with Gasteiger partial charge in [0.1, 0.15) is 17.2 Å². The third-order valence-corrected chi connectivity index (χ3v) is 6.36. The molecule has 4 heterocycles. The molecule has 8 nitrogen and oxygen atoms in total. The first kappa shape index (κ1) is 18.7. The molecule has 2 amide bonds. The normalized spacial score (nSPS) is 24.0. The maximum absolute atomic E-state index is 13.7. The molecule has 5 rings (SSSR count). The van der Waals surface area contributed by atoms with Crippen molar-refractivity contribution in [2.24, 2.45) is 5.92 Å². The van der Waals surface area contributed by atoms with Crippen molar-refractivity contribution in [3.63, 3.8) is 0 Å².